The first kappa shape index (κ1) is 12.2. The van der Waals surface area contributed by atoms with Crippen LogP contribution in [-0.2, 0) is 4.79 Å². The largest absolute Gasteiger partial charge is 0.423 e. The summed E-state index contributed by atoms with van der Waals surface area (Å²) in [6, 6.07) is 5.56. The van der Waals surface area contributed by atoms with Crippen LogP contribution in [0.3, 0.4) is 0 Å². The smallest absolute Gasteiger partial charge is 0.296 e. The van der Waals surface area contributed by atoms with Crippen LogP contribution < -0.4 is 11.1 Å². The van der Waals surface area contributed by atoms with Crippen molar-refractivity contribution in [3.63, 3.8) is 0 Å². The molecule has 0 atom stereocenters. The van der Waals surface area contributed by atoms with Crippen molar-refractivity contribution in [1.82, 2.24) is 9.88 Å². The summed E-state index contributed by atoms with van der Waals surface area (Å²) in [5.41, 5.74) is 7.58. The molecule has 6 nitrogen and oxygen atoms in total. The summed E-state index contributed by atoms with van der Waals surface area (Å²) in [4.78, 5) is 17.4. The minimum Gasteiger partial charge on any atom is -0.423 e. The molecule has 0 spiro atoms. The van der Waals surface area contributed by atoms with Crippen LogP contribution in [0.2, 0.25) is 0 Å². The second-order valence-electron chi connectivity index (χ2n) is 4.01. The molecule has 1 aromatic carbocycles. The van der Waals surface area contributed by atoms with Gasteiger partial charge in [-0.15, -0.1) is 0 Å². The van der Waals surface area contributed by atoms with Crippen LogP contribution in [0.4, 0.5) is 11.7 Å². The van der Waals surface area contributed by atoms with Gasteiger partial charge in [-0.3, -0.25) is 4.79 Å². The van der Waals surface area contributed by atoms with Crippen molar-refractivity contribution in [1.29, 1.82) is 0 Å². The van der Waals surface area contributed by atoms with Gasteiger partial charge in [0.2, 0.25) is 5.91 Å². The molecular formula is C12H16N4O2. The summed E-state index contributed by atoms with van der Waals surface area (Å²) in [6.45, 7) is 2.75. The standard InChI is InChI=1S/C12H16N4O2/c1-3-16(2)11(17)7-14-12-15-9-5-4-8(13)6-10(9)18-12/h4-6H,3,7,13H2,1-2H3,(H,14,15). The number of hydrogen-bond acceptors (Lipinski definition) is 5. The number of hydrogen-bond donors (Lipinski definition) is 2. The van der Waals surface area contributed by atoms with Gasteiger partial charge in [-0.2, -0.15) is 4.98 Å². The van der Waals surface area contributed by atoms with Gasteiger partial charge >= 0.3 is 0 Å². The number of rotatable bonds is 4. The number of fused-ring (bicyclic) bond motifs is 1. The molecule has 18 heavy (non-hydrogen) atoms. The van der Waals surface area contributed by atoms with E-state index in [0.717, 1.165) is 0 Å². The van der Waals surface area contributed by atoms with E-state index in [-0.39, 0.29) is 12.5 Å². The minimum absolute atomic E-state index is 0.0146. The summed E-state index contributed by atoms with van der Waals surface area (Å²) in [5.74, 6) is -0.0146. The monoisotopic (exact) mass is 248 g/mol. The van der Waals surface area contributed by atoms with Crippen LogP contribution in [-0.4, -0.2) is 35.9 Å². The normalized spacial score (nSPS) is 10.6. The zero-order valence-corrected chi connectivity index (χ0v) is 10.4. The molecule has 6 heteroatoms. The number of nitrogens with two attached hydrogens (primary N) is 1. The Hall–Kier alpha value is -2.24. The maximum atomic E-state index is 11.6. The Balaban J connectivity index is 2.06. The molecule has 0 fully saturated rings. The van der Waals surface area contributed by atoms with Crippen molar-refractivity contribution in [2.75, 3.05) is 31.2 Å². The topological polar surface area (TPSA) is 84.4 Å². The molecule has 1 amide bonds. The summed E-state index contributed by atoms with van der Waals surface area (Å²) in [6.07, 6.45) is 0. The SMILES string of the molecule is CCN(C)C(=O)CNc1nc2ccc(N)cc2o1. The zero-order valence-electron chi connectivity index (χ0n) is 10.4. The second-order valence-corrected chi connectivity index (χ2v) is 4.01. The molecule has 0 aliphatic carbocycles. The summed E-state index contributed by atoms with van der Waals surface area (Å²) in [7, 11) is 1.75. The van der Waals surface area contributed by atoms with E-state index in [1.54, 1.807) is 30.1 Å². The average Bonchev–Trinajstić information content (AvgIpc) is 2.76. The fourth-order valence-electron chi connectivity index (χ4n) is 1.48. The molecule has 0 bridgehead atoms. The number of aromatic nitrogens is 1. The Labute approximate surface area is 105 Å². The fourth-order valence-corrected chi connectivity index (χ4v) is 1.48. The predicted molar refractivity (Wildman–Crippen MR) is 70.2 cm³/mol. The van der Waals surface area contributed by atoms with Crippen LogP contribution >= 0.6 is 0 Å². The third kappa shape index (κ3) is 2.53. The van der Waals surface area contributed by atoms with Gasteiger partial charge in [-0.25, -0.2) is 0 Å². The van der Waals surface area contributed by atoms with Crippen molar-refractivity contribution < 1.29 is 9.21 Å². The van der Waals surface area contributed by atoms with Crippen molar-refractivity contribution >= 4 is 28.7 Å². The van der Waals surface area contributed by atoms with Gasteiger partial charge < -0.3 is 20.4 Å². The molecule has 0 aliphatic rings. The van der Waals surface area contributed by atoms with E-state index < -0.39 is 0 Å². The molecule has 96 valence electrons. The predicted octanol–water partition coefficient (Wildman–Crippen LogP) is 1.30. The lowest BCUT2D eigenvalue weighted by Crippen LogP contribution is -2.31. The van der Waals surface area contributed by atoms with Crippen LogP contribution in [0.1, 0.15) is 6.92 Å². The van der Waals surface area contributed by atoms with E-state index in [1.165, 1.54) is 0 Å². The lowest BCUT2D eigenvalue weighted by molar-refractivity contribution is -0.127. The van der Waals surface area contributed by atoms with Crippen LogP contribution in [0.5, 0.6) is 0 Å². The second kappa shape index (κ2) is 4.95. The highest BCUT2D eigenvalue weighted by atomic mass is 16.4. The van der Waals surface area contributed by atoms with Crippen LogP contribution in [0.15, 0.2) is 22.6 Å². The van der Waals surface area contributed by atoms with Gasteiger partial charge in [0.1, 0.15) is 5.52 Å². The average molecular weight is 248 g/mol. The summed E-state index contributed by atoms with van der Waals surface area (Å²) >= 11 is 0. The fraction of sp³-hybridized carbons (Fsp3) is 0.333. The maximum absolute atomic E-state index is 11.6. The van der Waals surface area contributed by atoms with Gasteiger partial charge in [-0.05, 0) is 19.1 Å². The van der Waals surface area contributed by atoms with Gasteiger partial charge in [0.05, 0.1) is 6.54 Å². The Kier molecular flexibility index (Phi) is 3.36. The van der Waals surface area contributed by atoms with Crippen molar-refractivity contribution in [2.24, 2.45) is 0 Å². The highest BCUT2D eigenvalue weighted by Gasteiger charge is 2.09. The number of likely N-dealkylation sites (N-methyl/N-ethyl adjacent to an activating group) is 1. The number of carbonyl (C=O) groups is 1. The van der Waals surface area contributed by atoms with E-state index in [9.17, 15) is 4.79 Å². The number of carbonyl (C=O) groups excluding carboxylic acids is 1. The van der Waals surface area contributed by atoms with Gasteiger partial charge in [-0.1, -0.05) is 0 Å². The van der Waals surface area contributed by atoms with Crippen molar-refractivity contribution in [3.8, 4) is 0 Å². The number of nitrogen functional groups attached to an aromatic ring is 1. The van der Waals surface area contributed by atoms with E-state index in [4.69, 9.17) is 10.2 Å². The summed E-state index contributed by atoms with van der Waals surface area (Å²) in [5, 5.41) is 2.86. The Morgan fingerprint density at radius 1 is 1.56 bits per heavy atom. The van der Waals surface area contributed by atoms with E-state index in [1.807, 2.05) is 6.92 Å². The Bertz CT molecular complexity index is 564. The third-order valence-electron chi connectivity index (χ3n) is 2.70. The van der Waals surface area contributed by atoms with Crippen LogP contribution in [0, 0.1) is 0 Å². The molecular weight excluding hydrogens is 232 g/mol. The number of oxazole rings is 1. The Morgan fingerprint density at radius 2 is 2.33 bits per heavy atom. The molecule has 3 N–H and O–H groups in total. The first-order valence-electron chi connectivity index (χ1n) is 5.74. The lowest BCUT2D eigenvalue weighted by atomic mass is 10.3. The Morgan fingerprint density at radius 3 is 3.06 bits per heavy atom. The minimum atomic E-state index is -0.0146. The number of nitrogens with one attached hydrogen (secondary N) is 1. The quantitative estimate of drug-likeness (QED) is 0.797. The molecule has 2 rings (SSSR count). The maximum Gasteiger partial charge on any atom is 0.296 e. The number of nitrogens with zero attached hydrogens (tertiary/aromatic N) is 2. The number of benzene rings is 1. The molecule has 0 unspecified atom stereocenters. The van der Waals surface area contributed by atoms with E-state index in [2.05, 4.69) is 10.3 Å². The molecule has 0 aliphatic heterocycles. The first-order valence-corrected chi connectivity index (χ1v) is 5.74. The lowest BCUT2D eigenvalue weighted by Gasteiger charge is -2.13. The molecule has 2 aromatic rings. The highest BCUT2D eigenvalue weighted by Crippen LogP contribution is 2.20. The van der Waals surface area contributed by atoms with E-state index >= 15 is 0 Å². The molecule has 1 heterocycles. The van der Waals surface area contributed by atoms with Crippen molar-refractivity contribution in [2.45, 2.75) is 6.92 Å². The molecule has 0 radical (unpaired) electrons. The number of amides is 1. The molecule has 0 saturated carbocycles. The van der Waals surface area contributed by atoms with Gasteiger partial charge in [0.25, 0.3) is 6.01 Å². The van der Waals surface area contributed by atoms with Gasteiger partial charge in [0, 0.05) is 25.3 Å². The summed E-state index contributed by atoms with van der Waals surface area (Å²) < 4.78 is 5.44. The molecule has 0 saturated heterocycles. The number of anilines is 2. The third-order valence-corrected chi connectivity index (χ3v) is 2.70. The molecule has 1 aromatic heterocycles. The first-order chi connectivity index (χ1) is 8.60. The van der Waals surface area contributed by atoms with Crippen LogP contribution in [0.25, 0.3) is 11.1 Å². The zero-order chi connectivity index (χ0) is 13.1. The van der Waals surface area contributed by atoms with E-state index in [0.29, 0.717) is 29.3 Å². The van der Waals surface area contributed by atoms with Gasteiger partial charge in [0.15, 0.2) is 5.58 Å². The van der Waals surface area contributed by atoms with Crippen molar-refractivity contribution in [3.05, 3.63) is 18.2 Å². The highest BCUT2D eigenvalue weighted by molar-refractivity contribution is 5.81.